The van der Waals surface area contributed by atoms with Crippen molar-refractivity contribution in [2.45, 2.75) is 32.2 Å². The zero-order valence-corrected chi connectivity index (χ0v) is 13.8. The molecule has 0 bridgehead atoms. The summed E-state index contributed by atoms with van der Waals surface area (Å²) in [5.74, 6) is 0.180. The van der Waals surface area contributed by atoms with E-state index in [9.17, 15) is 9.59 Å². The number of amides is 1. The van der Waals surface area contributed by atoms with Gasteiger partial charge in [-0.2, -0.15) is 0 Å². The molecule has 24 heavy (non-hydrogen) atoms. The molecule has 6 heteroatoms. The summed E-state index contributed by atoms with van der Waals surface area (Å²) in [6.07, 6.45) is 4.26. The minimum atomic E-state index is -0.410. The molecule has 0 saturated carbocycles. The molecule has 1 amide bonds. The third-order valence-corrected chi connectivity index (χ3v) is 4.51. The number of hydrogen-bond acceptors (Lipinski definition) is 4. The van der Waals surface area contributed by atoms with Crippen LogP contribution in [0, 0.1) is 6.92 Å². The van der Waals surface area contributed by atoms with Crippen LogP contribution in [0.4, 0.5) is 0 Å². The Bertz CT molecular complexity index is 782. The van der Waals surface area contributed by atoms with Crippen LogP contribution in [0.3, 0.4) is 0 Å². The average molecular weight is 326 g/mol. The quantitative estimate of drug-likeness (QED) is 0.898. The number of benzene rings is 1. The molecule has 0 unspecified atom stereocenters. The van der Waals surface area contributed by atoms with E-state index in [1.807, 2.05) is 31.2 Å². The van der Waals surface area contributed by atoms with E-state index in [1.54, 1.807) is 4.90 Å². The number of nitrogens with one attached hydrogen (secondary N) is 1. The topological polar surface area (TPSA) is 92.1 Å². The van der Waals surface area contributed by atoms with Crippen LogP contribution in [0.1, 0.15) is 35.2 Å². The Hall–Kier alpha value is -2.47. The number of nitrogens with zero attached hydrogens (tertiary/aromatic N) is 2. The molecule has 3 N–H and O–H groups in total. The van der Waals surface area contributed by atoms with Gasteiger partial charge in [0.1, 0.15) is 11.4 Å². The zero-order valence-electron chi connectivity index (χ0n) is 13.8. The van der Waals surface area contributed by atoms with Crippen molar-refractivity contribution in [3.05, 3.63) is 51.9 Å². The van der Waals surface area contributed by atoms with E-state index >= 15 is 0 Å². The summed E-state index contributed by atoms with van der Waals surface area (Å²) in [6, 6.07) is 7.69. The van der Waals surface area contributed by atoms with E-state index in [4.69, 9.17) is 5.73 Å². The van der Waals surface area contributed by atoms with Crippen molar-refractivity contribution in [1.82, 2.24) is 14.9 Å². The van der Waals surface area contributed by atoms with Crippen molar-refractivity contribution in [2.24, 2.45) is 5.73 Å². The lowest BCUT2D eigenvalue weighted by molar-refractivity contribution is 0.0621. The summed E-state index contributed by atoms with van der Waals surface area (Å²) < 4.78 is 0. The van der Waals surface area contributed by atoms with Crippen LogP contribution in [0.25, 0.3) is 11.4 Å². The van der Waals surface area contributed by atoms with E-state index in [1.165, 1.54) is 6.20 Å². The summed E-state index contributed by atoms with van der Waals surface area (Å²) >= 11 is 0. The molecule has 0 spiro atoms. The highest BCUT2D eigenvalue weighted by atomic mass is 16.2. The number of aromatic amines is 1. The van der Waals surface area contributed by atoms with Gasteiger partial charge in [0, 0.05) is 30.9 Å². The second-order valence-electron chi connectivity index (χ2n) is 6.22. The minimum Gasteiger partial charge on any atom is -0.334 e. The molecule has 6 nitrogen and oxygen atoms in total. The summed E-state index contributed by atoms with van der Waals surface area (Å²) in [6.45, 7) is 3.05. The molecule has 1 aliphatic rings. The van der Waals surface area contributed by atoms with Crippen LogP contribution >= 0.6 is 0 Å². The smallest absolute Gasteiger partial charge is 0.264 e. The molecule has 2 heterocycles. The van der Waals surface area contributed by atoms with E-state index in [-0.39, 0.29) is 17.5 Å². The predicted molar refractivity (Wildman–Crippen MR) is 92.8 cm³/mol. The molecule has 1 atom stereocenters. The first-order valence-corrected chi connectivity index (χ1v) is 8.27. The molecular weight excluding hydrogens is 304 g/mol. The van der Waals surface area contributed by atoms with Crippen LogP contribution in [0.5, 0.6) is 0 Å². The Morgan fingerprint density at radius 3 is 2.75 bits per heavy atom. The van der Waals surface area contributed by atoms with E-state index < -0.39 is 5.56 Å². The van der Waals surface area contributed by atoms with Gasteiger partial charge in [-0.1, -0.05) is 29.8 Å². The highest BCUT2D eigenvalue weighted by Gasteiger charge is 2.28. The molecule has 126 valence electrons. The number of carbonyl (C=O) groups excluding carboxylic acids is 1. The summed E-state index contributed by atoms with van der Waals surface area (Å²) in [4.78, 5) is 33.8. The van der Waals surface area contributed by atoms with E-state index in [0.717, 1.165) is 30.4 Å². The number of aromatic nitrogens is 2. The van der Waals surface area contributed by atoms with Crippen LogP contribution in [0.2, 0.25) is 0 Å². The molecule has 0 radical (unpaired) electrons. The monoisotopic (exact) mass is 326 g/mol. The molecule has 3 rings (SSSR count). The van der Waals surface area contributed by atoms with Crippen LogP contribution in [0.15, 0.2) is 35.3 Å². The average Bonchev–Trinajstić information content (AvgIpc) is 2.61. The molecule has 1 fully saturated rings. The van der Waals surface area contributed by atoms with Gasteiger partial charge >= 0.3 is 0 Å². The number of hydrogen-bond donors (Lipinski definition) is 2. The number of aryl methyl sites for hydroxylation is 1. The highest BCUT2D eigenvalue weighted by Crippen LogP contribution is 2.18. The Kier molecular flexibility index (Phi) is 4.76. The molecule has 0 aliphatic carbocycles. The Balaban J connectivity index is 1.88. The molecule has 1 saturated heterocycles. The lowest BCUT2D eigenvalue weighted by Gasteiger charge is -2.34. The Morgan fingerprint density at radius 1 is 1.33 bits per heavy atom. The number of piperidine rings is 1. The second kappa shape index (κ2) is 6.97. The lowest BCUT2D eigenvalue weighted by Crippen LogP contribution is -2.48. The van der Waals surface area contributed by atoms with Gasteiger partial charge < -0.3 is 15.6 Å². The van der Waals surface area contributed by atoms with Crippen molar-refractivity contribution < 1.29 is 4.79 Å². The van der Waals surface area contributed by atoms with Crippen molar-refractivity contribution in [3.63, 3.8) is 0 Å². The van der Waals surface area contributed by atoms with Gasteiger partial charge in [-0.25, -0.2) is 4.98 Å². The van der Waals surface area contributed by atoms with E-state index in [2.05, 4.69) is 9.97 Å². The second-order valence-corrected chi connectivity index (χ2v) is 6.22. The van der Waals surface area contributed by atoms with Gasteiger partial charge in [0.25, 0.3) is 11.5 Å². The molecule has 1 aromatic heterocycles. The fourth-order valence-corrected chi connectivity index (χ4v) is 3.07. The van der Waals surface area contributed by atoms with Crippen molar-refractivity contribution in [1.29, 1.82) is 0 Å². The molecule has 2 aromatic rings. The summed E-state index contributed by atoms with van der Waals surface area (Å²) in [5, 5.41) is 0. The predicted octanol–water partition coefficient (Wildman–Crippen LogP) is 1.70. The summed E-state index contributed by atoms with van der Waals surface area (Å²) in [7, 11) is 0. The standard InChI is InChI=1S/C18H22N4O2/c1-12-5-7-13(8-6-12)16-20-11-15(17(23)21-16)18(24)22-9-3-2-4-14(22)10-19/h5-8,11,14H,2-4,9-10,19H2,1H3,(H,20,21,23)/t14-/m0/s1. The van der Waals surface area contributed by atoms with Crippen molar-refractivity contribution in [3.8, 4) is 11.4 Å². The largest absolute Gasteiger partial charge is 0.334 e. The fraction of sp³-hybridized carbons (Fsp3) is 0.389. The maximum absolute atomic E-state index is 12.7. The van der Waals surface area contributed by atoms with Gasteiger partial charge in [-0.3, -0.25) is 9.59 Å². The first kappa shape index (κ1) is 16.4. The third kappa shape index (κ3) is 3.23. The maximum atomic E-state index is 12.7. The van der Waals surface area contributed by atoms with Gasteiger partial charge in [0.05, 0.1) is 0 Å². The molecule has 1 aromatic carbocycles. The number of nitrogens with two attached hydrogens (primary N) is 1. The minimum absolute atomic E-state index is 0.00225. The van der Waals surface area contributed by atoms with Crippen molar-refractivity contribution in [2.75, 3.05) is 13.1 Å². The summed E-state index contributed by atoms with van der Waals surface area (Å²) in [5.41, 5.74) is 7.37. The lowest BCUT2D eigenvalue weighted by atomic mass is 10.0. The third-order valence-electron chi connectivity index (χ3n) is 4.51. The molecular formula is C18H22N4O2. The Morgan fingerprint density at radius 2 is 2.08 bits per heavy atom. The maximum Gasteiger partial charge on any atom is 0.264 e. The SMILES string of the molecule is Cc1ccc(-c2ncc(C(=O)N3CCCC[C@H]3CN)c(=O)[nH]2)cc1. The van der Waals surface area contributed by atoms with Gasteiger partial charge in [0.15, 0.2) is 0 Å². The van der Waals surface area contributed by atoms with Crippen molar-refractivity contribution >= 4 is 5.91 Å². The normalized spacial score (nSPS) is 17.8. The number of H-pyrrole nitrogens is 1. The first-order chi connectivity index (χ1) is 11.6. The first-order valence-electron chi connectivity index (χ1n) is 8.27. The number of likely N-dealkylation sites (tertiary alicyclic amines) is 1. The van der Waals surface area contributed by atoms with Gasteiger partial charge in [-0.05, 0) is 26.2 Å². The van der Waals surface area contributed by atoms with Gasteiger partial charge in [0.2, 0.25) is 0 Å². The van der Waals surface area contributed by atoms with E-state index in [0.29, 0.717) is 18.9 Å². The molecule has 1 aliphatic heterocycles. The van der Waals surface area contributed by atoms with Crippen LogP contribution in [-0.2, 0) is 0 Å². The van der Waals surface area contributed by atoms with Gasteiger partial charge in [-0.15, -0.1) is 0 Å². The number of carbonyl (C=O) groups is 1. The Labute approximate surface area is 140 Å². The highest BCUT2D eigenvalue weighted by molar-refractivity contribution is 5.94. The van der Waals surface area contributed by atoms with Crippen LogP contribution < -0.4 is 11.3 Å². The zero-order chi connectivity index (χ0) is 17.1. The number of rotatable bonds is 3. The fourth-order valence-electron chi connectivity index (χ4n) is 3.07. The van der Waals surface area contributed by atoms with Crippen LogP contribution in [-0.4, -0.2) is 39.9 Å².